The van der Waals surface area contributed by atoms with Crippen molar-refractivity contribution in [3.63, 3.8) is 0 Å². The quantitative estimate of drug-likeness (QED) is 0.548. The van der Waals surface area contributed by atoms with Gasteiger partial charge in [0.1, 0.15) is 5.75 Å². The van der Waals surface area contributed by atoms with Crippen LogP contribution in [0.1, 0.15) is 63.5 Å². The maximum Gasteiger partial charge on any atom is 0.122 e. The molecule has 0 spiro atoms. The molecule has 0 heterocycles. The van der Waals surface area contributed by atoms with Crippen LogP contribution < -0.4 is 4.74 Å². The number of unbranched alkanes of at least 4 members (excludes halogenated alkanes) is 4. The van der Waals surface area contributed by atoms with Crippen LogP contribution in [0.4, 0.5) is 0 Å². The topological polar surface area (TPSA) is 9.23 Å². The van der Waals surface area contributed by atoms with E-state index < -0.39 is 0 Å². The van der Waals surface area contributed by atoms with Crippen LogP contribution in [-0.2, 0) is 12.8 Å². The molecule has 0 fully saturated rings. The fourth-order valence-electron chi connectivity index (χ4n) is 2.44. The Hall–Kier alpha value is -0.980. The summed E-state index contributed by atoms with van der Waals surface area (Å²) in [4.78, 5) is 0. The highest BCUT2D eigenvalue weighted by Crippen LogP contribution is 2.26. The van der Waals surface area contributed by atoms with E-state index in [-0.39, 0.29) is 0 Å². The average molecular weight is 248 g/mol. The van der Waals surface area contributed by atoms with E-state index in [1.54, 1.807) is 7.11 Å². The van der Waals surface area contributed by atoms with Crippen LogP contribution in [0.5, 0.6) is 5.75 Å². The van der Waals surface area contributed by atoms with E-state index in [1.807, 2.05) is 0 Å². The van der Waals surface area contributed by atoms with Gasteiger partial charge in [0, 0.05) is 0 Å². The third kappa shape index (κ3) is 4.72. The zero-order valence-electron chi connectivity index (χ0n) is 12.3. The van der Waals surface area contributed by atoms with Gasteiger partial charge in [-0.25, -0.2) is 0 Å². The predicted octanol–water partition coefficient (Wildman–Crippen LogP) is 5.16. The van der Waals surface area contributed by atoms with E-state index in [1.165, 1.54) is 62.5 Å². The maximum atomic E-state index is 5.52. The van der Waals surface area contributed by atoms with Gasteiger partial charge < -0.3 is 4.74 Å². The van der Waals surface area contributed by atoms with E-state index in [9.17, 15) is 0 Å². The Morgan fingerprint density at radius 2 is 1.56 bits per heavy atom. The van der Waals surface area contributed by atoms with E-state index in [0.29, 0.717) is 0 Å². The van der Waals surface area contributed by atoms with Crippen LogP contribution >= 0.6 is 0 Å². The van der Waals surface area contributed by atoms with Gasteiger partial charge in [0.15, 0.2) is 0 Å². The van der Waals surface area contributed by atoms with Gasteiger partial charge in [-0.2, -0.15) is 0 Å². The number of hydrogen-bond acceptors (Lipinski definition) is 1. The first-order valence-electron chi connectivity index (χ1n) is 7.48. The molecular formula is C17H28O. The molecule has 102 valence electrons. The molecule has 0 aliphatic rings. The van der Waals surface area contributed by atoms with Crippen LogP contribution in [0.25, 0.3) is 0 Å². The smallest absolute Gasteiger partial charge is 0.122 e. The molecular weight excluding hydrogens is 220 g/mol. The average Bonchev–Trinajstić information content (AvgIpc) is 2.40. The van der Waals surface area contributed by atoms with Crippen molar-refractivity contribution in [1.82, 2.24) is 0 Å². The molecule has 0 N–H and O–H groups in total. The number of aryl methyl sites for hydroxylation is 1. The van der Waals surface area contributed by atoms with Gasteiger partial charge in [0.2, 0.25) is 0 Å². The van der Waals surface area contributed by atoms with E-state index in [2.05, 4.69) is 32.0 Å². The summed E-state index contributed by atoms with van der Waals surface area (Å²) in [5.41, 5.74) is 2.95. The molecule has 0 bridgehead atoms. The molecule has 0 aliphatic heterocycles. The molecule has 1 heteroatoms. The first kappa shape index (κ1) is 15.1. The molecule has 1 aromatic carbocycles. The second kappa shape index (κ2) is 9.02. The molecule has 0 amide bonds. The molecule has 1 rings (SSSR count). The van der Waals surface area contributed by atoms with Gasteiger partial charge in [-0.15, -0.1) is 0 Å². The summed E-state index contributed by atoms with van der Waals surface area (Å²) in [5, 5.41) is 0. The Morgan fingerprint density at radius 1 is 0.889 bits per heavy atom. The van der Waals surface area contributed by atoms with Crippen LogP contribution in [0.15, 0.2) is 18.2 Å². The van der Waals surface area contributed by atoms with Crippen molar-refractivity contribution < 1.29 is 4.74 Å². The fourth-order valence-corrected chi connectivity index (χ4v) is 2.44. The maximum absolute atomic E-state index is 5.52. The lowest BCUT2D eigenvalue weighted by Crippen LogP contribution is -1.99. The highest BCUT2D eigenvalue weighted by molar-refractivity contribution is 5.40. The molecule has 0 aromatic heterocycles. The largest absolute Gasteiger partial charge is 0.496 e. The van der Waals surface area contributed by atoms with Crippen LogP contribution in [-0.4, -0.2) is 7.11 Å². The Kier molecular flexibility index (Phi) is 7.55. The van der Waals surface area contributed by atoms with E-state index >= 15 is 0 Å². The molecule has 0 aliphatic carbocycles. The van der Waals surface area contributed by atoms with Crippen molar-refractivity contribution in [3.05, 3.63) is 29.3 Å². The zero-order chi connectivity index (χ0) is 13.2. The van der Waals surface area contributed by atoms with Crippen molar-refractivity contribution >= 4 is 0 Å². The van der Waals surface area contributed by atoms with E-state index in [0.717, 1.165) is 5.75 Å². The minimum absolute atomic E-state index is 1.08. The van der Waals surface area contributed by atoms with E-state index in [4.69, 9.17) is 4.74 Å². The Labute approximate surface area is 113 Å². The monoisotopic (exact) mass is 248 g/mol. The molecule has 0 saturated heterocycles. The second-order valence-corrected chi connectivity index (χ2v) is 5.01. The minimum Gasteiger partial charge on any atom is -0.496 e. The van der Waals surface area contributed by atoms with Crippen LogP contribution in [0.2, 0.25) is 0 Å². The molecule has 0 unspecified atom stereocenters. The third-order valence-corrected chi connectivity index (χ3v) is 3.53. The first-order chi connectivity index (χ1) is 8.83. The number of ether oxygens (including phenoxy) is 1. The van der Waals surface area contributed by atoms with Crippen molar-refractivity contribution in [3.8, 4) is 5.75 Å². The van der Waals surface area contributed by atoms with Gasteiger partial charge >= 0.3 is 0 Å². The number of rotatable bonds is 9. The summed E-state index contributed by atoms with van der Waals surface area (Å²) in [5.74, 6) is 1.08. The summed E-state index contributed by atoms with van der Waals surface area (Å²) in [6, 6.07) is 6.51. The van der Waals surface area contributed by atoms with Gasteiger partial charge in [-0.05, 0) is 42.9 Å². The zero-order valence-corrected chi connectivity index (χ0v) is 12.3. The number of hydrogen-bond donors (Lipinski definition) is 0. The first-order valence-corrected chi connectivity index (χ1v) is 7.48. The molecule has 1 aromatic rings. The predicted molar refractivity (Wildman–Crippen MR) is 79.5 cm³/mol. The molecule has 0 saturated carbocycles. The lowest BCUT2D eigenvalue weighted by molar-refractivity contribution is 0.408. The highest BCUT2D eigenvalue weighted by Gasteiger charge is 2.08. The third-order valence-electron chi connectivity index (χ3n) is 3.53. The fraction of sp³-hybridized carbons (Fsp3) is 0.647. The highest BCUT2D eigenvalue weighted by atomic mass is 16.5. The summed E-state index contributed by atoms with van der Waals surface area (Å²) in [6.45, 7) is 4.51. The Balaban J connectivity index is 2.72. The standard InChI is InChI=1S/C17H28O/c1-4-6-8-11-15-12-10-14-17(18-3)16(15)13-9-7-5-2/h10,12,14H,4-9,11,13H2,1-3H3. The molecule has 0 radical (unpaired) electrons. The molecule has 18 heavy (non-hydrogen) atoms. The van der Waals surface area contributed by atoms with Gasteiger partial charge in [-0.3, -0.25) is 0 Å². The molecule has 1 nitrogen and oxygen atoms in total. The summed E-state index contributed by atoms with van der Waals surface area (Å²) in [6.07, 6.45) is 10.1. The van der Waals surface area contributed by atoms with Gasteiger partial charge in [-0.1, -0.05) is 51.7 Å². The van der Waals surface area contributed by atoms with Crippen LogP contribution in [0.3, 0.4) is 0 Å². The van der Waals surface area contributed by atoms with Gasteiger partial charge in [0.05, 0.1) is 7.11 Å². The van der Waals surface area contributed by atoms with Crippen molar-refractivity contribution in [2.45, 2.75) is 65.2 Å². The number of methoxy groups -OCH3 is 1. The Bertz CT molecular complexity index is 330. The van der Waals surface area contributed by atoms with Crippen molar-refractivity contribution in [2.24, 2.45) is 0 Å². The normalized spacial score (nSPS) is 10.6. The number of benzene rings is 1. The summed E-state index contributed by atoms with van der Waals surface area (Å²) >= 11 is 0. The summed E-state index contributed by atoms with van der Waals surface area (Å²) in [7, 11) is 1.79. The van der Waals surface area contributed by atoms with Gasteiger partial charge in [0.25, 0.3) is 0 Å². The SMILES string of the molecule is CCCCCc1cccc(OC)c1CCCCC. The lowest BCUT2D eigenvalue weighted by atomic mass is 9.96. The molecule has 0 atom stereocenters. The van der Waals surface area contributed by atoms with Crippen molar-refractivity contribution in [1.29, 1.82) is 0 Å². The lowest BCUT2D eigenvalue weighted by Gasteiger charge is -2.14. The van der Waals surface area contributed by atoms with Crippen LogP contribution in [0, 0.1) is 0 Å². The minimum atomic E-state index is 1.08. The Morgan fingerprint density at radius 3 is 2.17 bits per heavy atom. The van der Waals surface area contributed by atoms with Crippen molar-refractivity contribution in [2.75, 3.05) is 7.11 Å². The second-order valence-electron chi connectivity index (χ2n) is 5.01. The summed E-state index contributed by atoms with van der Waals surface area (Å²) < 4.78 is 5.52.